The largest absolute Gasteiger partial charge is 0.480 e. The summed E-state index contributed by atoms with van der Waals surface area (Å²) < 4.78 is 0. The molecule has 4 nitrogen and oxygen atoms in total. The van der Waals surface area contributed by atoms with Crippen molar-refractivity contribution in [2.45, 2.75) is 24.9 Å². The quantitative estimate of drug-likeness (QED) is 0.572. The smallest absolute Gasteiger partial charge is 0.321 e. The van der Waals surface area contributed by atoms with Crippen LogP contribution >= 0.6 is 0 Å². The lowest BCUT2D eigenvalue weighted by Gasteiger charge is -2.21. The molecule has 0 bridgehead atoms. The van der Waals surface area contributed by atoms with Crippen LogP contribution in [0.2, 0.25) is 0 Å². The molecule has 1 rings (SSSR count). The molecule has 0 spiro atoms. The van der Waals surface area contributed by atoms with Crippen LogP contribution in [0.4, 0.5) is 0 Å². The third-order valence-electron chi connectivity index (χ3n) is 2.18. The molecular formula is C9H16N2O2. The Balaban J connectivity index is 2.36. The van der Waals surface area contributed by atoms with Crippen molar-refractivity contribution >= 4 is 5.97 Å². The van der Waals surface area contributed by atoms with Crippen molar-refractivity contribution in [1.29, 1.82) is 0 Å². The first kappa shape index (κ1) is 10.2. The first-order valence-corrected chi connectivity index (χ1v) is 4.48. The van der Waals surface area contributed by atoms with E-state index in [4.69, 9.17) is 10.8 Å². The van der Waals surface area contributed by atoms with Crippen LogP contribution in [0.25, 0.3) is 0 Å². The van der Waals surface area contributed by atoms with Crippen LogP contribution < -0.4 is 5.73 Å². The predicted octanol–water partition coefficient (Wildman–Crippen LogP) is 0.0487. The van der Waals surface area contributed by atoms with E-state index < -0.39 is 12.0 Å². The molecule has 1 aliphatic carbocycles. The summed E-state index contributed by atoms with van der Waals surface area (Å²) in [5, 5.41) is 8.62. The Kier molecular flexibility index (Phi) is 3.45. The molecule has 0 saturated heterocycles. The zero-order chi connectivity index (χ0) is 9.84. The Bertz CT molecular complexity index is 202. The van der Waals surface area contributed by atoms with Gasteiger partial charge in [0.2, 0.25) is 0 Å². The lowest BCUT2D eigenvalue weighted by molar-refractivity contribution is -0.139. The molecule has 0 radical (unpaired) electrons. The highest BCUT2D eigenvalue weighted by molar-refractivity contribution is 5.73. The van der Waals surface area contributed by atoms with E-state index in [0.29, 0.717) is 12.6 Å². The minimum atomic E-state index is -0.935. The Morgan fingerprint density at radius 2 is 2.38 bits per heavy atom. The Morgan fingerprint density at radius 1 is 1.77 bits per heavy atom. The lowest BCUT2D eigenvalue weighted by atomic mass is 10.3. The average Bonchev–Trinajstić information content (AvgIpc) is 2.85. The van der Waals surface area contributed by atoms with Crippen LogP contribution in [0.15, 0.2) is 12.7 Å². The van der Waals surface area contributed by atoms with E-state index in [1.807, 2.05) is 0 Å². The number of aliphatic carboxylic acids is 1. The molecule has 1 fully saturated rings. The van der Waals surface area contributed by atoms with Gasteiger partial charge >= 0.3 is 5.97 Å². The van der Waals surface area contributed by atoms with Gasteiger partial charge < -0.3 is 10.8 Å². The van der Waals surface area contributed by atoms with Crippen molar-refractivity contribution in [2.75, 3.05) is 13.1 Å². The number of carboxylic acids is 1. The van der Waals surface area contributed by atoms with Crippen LogP contribution in [0.5, 0.6) is 0 Å². The average molecular weight is 184 g/mol. The van der Waals surface area contributed by atoms with Gasteiger partial charge in [0.15, 0.2) is 0 Å². The first-order valence-electron chi connectivity index (χ1n) is 4.48. The van der Waals surface area contributed by atoms with Crippen molar-refractivity contribution in [2.24, 2.45) is 5.73 Å². The van der Waals surface area contributed by atoms with Crippen LogP contribution in [0.3, 0.4) is 0 Å². The molecule has 0 amide bonds. The molecule has 3 N–H and O–H groups in total. The molecule has 0 aliphatic heterocycles. The lowest BCUT2D eigenvalue weighted by Crippen LogP contribution is -2.43. The number of nitrogens with two attached hydrogens (primary N) is 1. The summed E-state index contributed by atoms with van der Waals surface area (Å²) >= 11 is 0. The molecule has 74 valence electrons. The molecular weight excluding hydrogens is 168 g/mol. The Hall–Kier alpha value is -0.870. The highest BCUT2D eigenvalue weighted by atomic mass is 16.4. The number of hydrogen-bond donors (Lipinski definition) is 2. The molecule has 1 saturated carbocycles. The molecule has 1 aliphatic rings. The van der Waals surface area contributed by atoms with Crippen LogP contribution in [0.1, 0.15) is 12.8 Å². The normalized spacial score (nSPS) is 18.6. The van der Waals surface area contributed by atoms with Gasteiger partial charge in [0, 0.05) is 19.1 Å². The summed E-state index contributed by atoms with van der Waals surface area (Å²) in [7, 11) is 0. The fourth-order valence-corrected chi connectivity index (χ4v) is 1.31. The summed E-state index contributed by atoms with van der Waals surface area (Å²) in [6, 6.07) is -0.246. The minimum Gasteiger partial charge on any atom is -0.480 e. The van der Waals surface area contributed by atoms with Gasteiger partial charge in [-0.2, -0.15) is 0 Å². The molecule has 13 heavy (non-hydrogen) atoms. The van der Waals surface area contributed by atoms with E-state index in [1.165, 1.54) is 0 Å². The predicted molar refractivity (Wildman–Crippen MR) is 50.4 cm³/mol. The summed E-state index contributed by atoms with van der Waals surface area (Å²) in [4.78, 5) is 12.6. The van der Waals surface area contributed by atoms with Crippen LogP contribution in [-0.2, 0) is 4.79 Å². The zero-order valence-electron chi connectivity index (χ0n) is 7.65. The van der Waals surface area contributed by atoms with Gasteiger partial charge in [-0.25, -0.2) is 0 Å². The molecule has 0 heterocycles. The van der Waals surface area contributed by atoms with E-state index in [0.717, 1.165) is 19.4 Å². The zero-order valence-corrected chi connectivity index (χ0v) is 7.65. The second kappa shape index (κ2) is 4.39. The van der Waals surface area contributed by atoms with E-state index in [2.05, 4.69) is 11.5 Å². The Labute approximate surface area is 78.0 Å². The molecule has 1 unspecified atom stereocenters. The fourth-order valence-electron chi connectivity index (χ4n) is 1.31. The van der Waals surface area contributed by atoms with Gasteiger partial charge in [-0.05, 0) is 12.8 Å². The maximum atomic E-state index is 10.5. The summed E-state index contributed by atoms with van der Waals surface area (Å²) in [6.07, 6.45) is 4.09. The highest BCUT2D eigenvalue weighted by Crippen LogP contribution is 2.26. The number of rotatable bonds is 6. The summed E-state index contributed by atoms with van der Waals surface area (Å²) in [5.41, 5.74) is 5.44. The monoisotopic (exact) mass is 184 g/mol. The standard InChI is InChI=1S/C9H16N2O2/c1-2-5-11(7-3-4-7)6-8(10)9(12)13/h2,7-8H,1,3-6,10H2,(H,12,13). The van der Waals surface area contributed by atoms with Gasteiger partial charge in [0.25, 0.3) is 0 Å². The van der Waals surface area contributed by atoms with Gasteiger partial charge in [-0.1, -0.05) is 6.08 Å². The van der Waals surface area contributed by atoms with E-state index >= 15 is 0 Å². The van der Waals surface area contributed by atoms with Gasteiger partial charge in [-0.3, -0.25) is 9.69 Å². The second-order valence-electron chi connectivity index (χ2n) is 3.42. The van der Waals surface area contributed by atoms with E-state index in [1.54, 1.807) is 6.08 Å². The maximum absolute atomic E-state index is 10.5. The Morgan fingerprint density at radius 3 is 2.77 bits per heavy atom. The van der Waals surface area contributed by atoms with Crippen molar-refractivity contribution in [3.63, 3.8) is 0 Å². The number of carbonyl (C=O) groups is 1. The molecule has 0 aromatic carbocycles. The van der Waals surface area contributed by atoms with Crippen molar-refractivity contribution in [1.82, 2.24) is 4.90 Å². The van der Waals surface area contributed by atoms with Gasteiger partial charge in [0.05, 0.1) is 0 Å². The molecule has 0 aromatic heterocycles. The summed E-state index contributed by atoms with van der Waals surface area (Å²) in [5.74, 6) is -0.935. The number of nitrogens with zero attached hydrogens (tertiary/aromatic N) is 1. The summed E-state index contributed by atoms with van der Waals surface area (Å²) in [6.45, 7) is 4.78. The molecule has 1 atom stereocenters. The number of carboxylic acid groups (broad SMARTS) is 1. The fraction of sp³-hybridized carbons (Fsp3) is 0.667. The molecule has 0 aromatic rings. The van der Waals surface area contributed by atoms with Crippen molar-refractivity contribution in [3.05, 3.63) is 12.7 Å². The van der Waals surface area contributed by atoms with E-state index in [9.17, 15) is 4.79 Å². The number of hydrogen-bond acceptors (Lipinski definition) is 3. The first-order chi connectivity index (χ1) is 6.15. The van der Waals surface area contributed by atoms with Crippen molar-refractivity contribution < 1.29 is 9.90 Å². The van der Waals surface area contributed by atoms with Gasteiger partial charge in [0.1, 0.15) is 6.04 Å². The van der Waals surface area contributed by atoms with Crippen molar-refractivity contribution in [3.8, 4) is 0 Å². The van der Waals surface area contributed by atoms with Crippen LogP contribution in [-0.4, -0.2) is 41.1 Å². The van der Waals surface area contributed by atoms with E-state index in [-0.39, 0.29) is 0 Å². The topological polar surface area (TPSA) is 66.6 Å². The minimum absolute atomic E-state index is 0.423. The molecule has 4 heteroatoms. The van der Waals surface area contributed by atoms with Gasteiger partial charge in [-0.15, -0.1) is 6.58 Å². The maximum Gasteiger partial charge on any atom is 0.321 e. The highest BCUT2D eigenvalue weighted by Gasteiger charge is 2.30. The third-order valence-corrected chi connectivity index (χ3v) is 2.18. The second-order valence-corrected chi connectivity index (χ2v) is 3.42. The van der Waals surface area contributed by atoms with Crippen LogP contribution in [0, 0.1) is 0 Å². The SMILES string of the molecule is C=CCN(CC(N)C(=O)O)C1CC1. The third kappa shape index (κ3) is 3.16.